The van der Waals surface area contributed by atoms with Crippen molar-refractivity contribution in [1.82, 2.24) is 10.2 Å². The summed E-state index contributed by atoms with van der Waals surface area (Å²) in [6.45, 7) is 9.11. The number of hydrogen-bond acceptors (Lipinski definition) is 2. The predicted octanol–water partition coefficient (Wildman–Crippen LogP) is 2.19. The molecule has 0 saturated carbocycles. The third-order valence-electron chi connectivity index (χ3n) is 3.82. The highest BCUT2D eigenvalue weighted by atomic mass is 16.2. The standard InChI is InChI=1S/C15H28N2O2/c1-5-6-7-13-8-14(16-15(19)11(2)3)10-17(9-13)12(4)18/h11,13-14H,5-10H2,1-4H3,(H,16,19). The van der Waals surface area contributed by atoms with E-state index in [1.165, 1.54) is 12.8 Å². The number of carbonyl (C=O) groups excluding carboxylic acids is 2. The minimum atomic E-state index is 0.00166. The molecule has 1 aliphatic heterocycles. The summed E-state index contributed by atoms with van der Waals surface area (Å²) >= 11 is 0. The Bertz CT molecular complexity index is 315. The number of nitrogens with one attached hydrogen (secondary N) is 1. The van der Waals surface area contributed by atoms with Crippen molar-refractivity contribution in [2.24, 2.45) is 11.8 Å². The summed E-state index contributed by atoms with van der Waals surface area (Å²) in [5.74, 6) is 0.728. The summed E-state index contributed by atoms with van der Waals surface area (Å²) in [5, 5.41) is 3.08. The Labute approximate surface area is 116 Å². The first-order valence-corrected chi connectivity index (χ1v) is 7.49. The van der Waals surface area contributed by atoms with E-state index in [0.717, 1.165) is 19.4 Å². The second kappa shape index (κ2) is 7.51. The quantitative estimate of drug-likeness (QED) is 0.831. The fraction of sp³-hybridized carbons (Fsp3) is 0.867. The molecule has 1 heterocycles. The zero-order valence-corrected chi connectivity index (χ0v) is 12.7. The molecule has 0 aromatic rings. The van der Waals surface area contributed by atoms with Crippen LogP contribution in [0.2, 0.25) is 0 Å². The second-order valence-corrected chi connectivity index (χ2v) is 6.03. The average molecular weight is 268 g/mol. The van der Waals surface area contributed by atoms with Crippen LogP contribution in [0.15, 0.2) is 0 Å². The van der Waals surface area contributed by atoms with Gasteiger partial charge in [-0.15, -0.1) is 0 Å². The van der Waals surface area contributed by atoms with Crippen molar-refractivity contribution in [3.8, 4) is 0 Å². The topological polar surface area (TPSA) is 49.4 Å². The minimum absolute atomic E-state index is 0.00166. The summed E-state index contributed by atoms with van der Waals surface area (Å²) in [7, 11) is 0. The summed E-state index contributed by atoms with van der Waals surface area (Å²) in [4.78, 5) is 25.3. The average Bonchev–Trinajstić information content (AvgIpc) is 2.35. The first kappa shape index (κ1) is 16.0. The zero-order valence-electron chi connectivity index (χ0n) is 12.7. The van der Waals surface area contributed by atoms with Gasteiger partial charge in [0, 0.05) is 32.0 Å². The van der Waals surface area contributed by atoms with Crippen LogP contribution < -0.4 is 5.32 Å². The van der Waals surface area contributed by atoms with Crippen LogP contribution in [-0.2, 0) is 9.59 Å². The lowest BCUT2D eigenvalue weighted by Crippen LogP contribution is -2.52. The van der Waals surface area contributed by atoms with E-state index in [2.05, 4.69) is 12.2 Å². The van der Waals surface area contributed by atoms with Crippen molar-refractivity contribution in [2.45, 2.75) is 59.4 Å². The van der Waals surface area contributed by atoms with Crippen LogP contribution in [0.1, 0.15) is 53.4 Å². The van der Waals surface area contributed by atoms with Gasteiger partial charge in [0.25, 0.3) is 0 Å². The first-order chi connectivity index (χ1) is 8.93. The van der Waals surface area contributed by atoms with Crippen LogP contribution in [0.3, 0.4) is 0 Å². The molecule has 2 atom stereocenters. The molecule has 19 heavy (non-hydrogen) atoms. The molecular formula is C15H28N2O2. The molecule has 1 saturated heterocycles. The van der Waals surface area contributed by atoms with Gasteiger partial charge < -0.3 is 10.2 Å². The number of amides is 2. The van der Waals surface area contributed by atoms with Gasteiger partial charge in [0.05, 0.1) is 0 Å². The molecule has 0 bridgehead atoms. The number of piperidine rings is 1. The highest BCUT2D eigenvalue weighted by Crippen LogP contribution is 2.22. The Morgan fingerprint density at radius 1 is 1.32 bits per heavy atom. The fourth-order valence-electron chi connectivity index (χ4n) is 2.64. The SMILES string of the molecule is CCCCC1CC(NC(=O)C(C)C)CN(C(C)=O)C1. The molecule has 1 rings (SSSR count). The van der Waals surface area contributed by atoms with Gasteiger partial charge in [0.1, 0.15) is 0 Å². The molecule has 1 aliphatic rings. The van der Waals surface area contributed by atoms with Gasteiger partial charge in [-0.05, 0) is 18.8 Å². The van der Waals surface area contributed by atoms with E-state index in [1.807, 2.05) is 18.7 Å². The maximum absolute atomic E-state index is 11.8. The lowest BCUT2D eigenvalue weighted by molar-refractivity contribution is -0.133. The summed E-state index contributed by atoms with van der Waals surface area (Å²) < 4.78 is 0. The van der Waals surface area contributed by atoms with E-state index in [9.17, 15) is 9.59 Å². The van der Waals surface area contributed by atoms with E-state index in [1.54, 1.807) is 6.92 Å². The van der Waals surface area contributed by atoms with Crippen molar-refractivity contribution >= 4 is 11.8 Å². The van der Waals surface area contributed by atoms with Crippen LogP contribution >= 0.6 is 0 Å². The van der Waals surface area contributed by atoms with Gasteiger partial charge in [-0.2, -0.15) is 0 Å². The van der Waals surface area contributed by atoms with Gasteiger partial charge in [0.15, 0.2) is 0 Å². The van der Waals surface area contributed by atoms with Gasteiger partial charge in [-0.25, -0.2) is 0 Å². The maximum atomic E-state index is 11.8. The number of nitrogens with zero attached hydrogens (tertiary/aromatic N) is 1. The monoisotopic (exact) mass is 268 g/mol. The molecule has 0 radical (unpaired) electrons. The van der Waals surface area contributed by atoms with Gasteiger partial charge in [0.2, 0.25) is 11.8 Å². The molecule has 2 amide bonds. The number of carbonyl (C=O) groups is 2. The highest BCUT2D eigenvalue weighted by molar-refractivity contribution is 5.78. The molecule has 0 aliphatic carbocycles. The molecule has 0 aromatic heterocycles. The maximum Gasteiger partial charge on any atom is 0.222 e. The van der Waals surface area contributed by atoms with Crippen molar-refractivity contribution in [2.75, 3.05) is 13.1 Å². The summed E-state index contributed by atoms with van der Waals surface area (Å²) in [6.07, 6.45) is 4.53. The van der Waals surface area contributed by atoms with E-state index in [0.29, 0.717) is 12.5 Å². The molecule has 4 nitrogen and oxygen atoms in total. The predicted molar refractivity (Wildman–Crippen MR) is 76.7 cm³/mol. The van der Waals surface area contributed by atoms with Crippen molar-refractivity contribution in [1.29, 1.82) is 0 Å². The largest absolute Gasteiger partial charge is 0.351 e. The van der Waals surface area contributed by atoms with Crippen LogP contribution in [0.4, 0.5) is 0 Å². The van der Waals surface area contributed by atoms with E-state index >= 15 is 0 Å². The Morgan fingerprint density at radius 2 is 2.00 bits per heavy atom. The Hall–Kier alpha value is -1.06. The van der Waals surface area contributed by atoms with E-state index in [-0.39, 0.29) is 23.8 Å². The second-order valence-electron chi connectivity index (χ2n) is 6.03. The fourth-order valence-corrected chi connectivity index (χ4v) is 2.64. The molecule has 4 heteroatoms. The third-order valence-corrected chi connectivity index (χ3v) is 3.82. The van der Waals surface area contributed by atoms with Gasteiger partial charge in [-0.3, -0.25) is 9.59 Å². The van der Waals surface area contributed by atoms with Crippen LogP contribution in [0.25, 0.3) is 0 Å². The van der Waals surface area contributed by atoms with Gasteiger partial charge >= 0.3 is 0 Å². The molecule has 0 aromatic carbocycles. The highest BCUT2D eigenvalue weighted by Gasteiger charge is 2.29. The Morgan fingerprint density at radius 3 is 2.53 bits per heavy atom. The summed E-state index contributed by atoms with van der Waals surface area (Å²) in [6, 6.07) is 0.120. The molecule has 0 spiro atoms. The number of rotatable bonds is 5. The Balaban J connectivity index is 2.59. The molecular weight excluding hydrogens is 240 g/mol. The molecule has 1 N–H and O–H groups in total. The van der Waals surface area contributed by atoms with Crippen molar-refractivity contribution < 1.29 is 9.59 Å². The molecule has 1 fully saturated rings. The van der Waals surface area contributed by atoms with Crippen molar-refractivity contribution in [3.05, 3.63) is 0 Å². The zero-order chi connectivity index (χ0) is 14.4. The van der Waals surface area contributed by atoms with Crippen LogP contribution in [-0.4, -0.2) is 35.8 Å². The summed E-state index contributed by atoms with van der Waals surface area (Å²) in [5.41, 5.74) is 0. The number of likely N-dealkylation sites (tertiary alicyclic amines) is 1. The normalized spacial score (nSPS) is 23.5. The van der Waals surface area contributed by atoms with Crippen LogP contribution in [0, 0.1) is 11.8 Å². The smallest absolute Gasteiger partial charge is 0.222 e. The van der Waals surface area contributed by atoms with E-state index < -0.39 is 0 Å². The van der Waals surface area contributed by atoms with Crippen LogP contribution in [0.5, 0.6) is 0 Å². The number of hydrogen-bond donors (Lipinski definition) is 1. The lowest BCUT2D eigenvalue weighted by atomic mass is 9.89. The molecule has 2 unspecified atom stereocenters. The number of unbranched alkanes of at least 4 members (excludes halogenated alkanes) is 1. The van der Waals surface area contributed by atoms with Crippen molar-refractivity contribution in [3.63, 3.8) is 0 Å². The van der Waals surface area contributed by atoms with E-state index in [4.69, 9.17) is 0 Å². The minimum Gasteiger partial charge on any atom is -0.351 e. The third kappa shape index (κ3) is 5.21. The lowest BCUT2D eigenvalue weighted by Gasteiger charge is -2.38. The van der Waals surface area contributed by atoms with Gasteiger partial charge in [-0.1, -0.05) is 33.6 Å². The molecule has 110 valence electrons. The Kier molecular flexibility index (Phi) is 6.32. The first-order valence-electron chi connectivity index (χ1n) is 7.49.